The molecule has 2 N–H and O–H groups in total. The van der Waals surface area contributed by atoms with Crippen molar-refractivity contribution in [1.29, 1.82) is 0 Å². The Bertz CT molecular complexity index is 383. The van der Waals surface area contributed by atoms with E-state index >= 15 is 0 Å². The highest BCUT2D eigenvalue weighted by molar-refractivity contribution is 5.28. The lowest BCUT2D eigenvalue weighted by Crippen LogP contribution is -2.30. The molecule has 2 nitrogen and oxygen atoms in total. The van der Waals surface area contributed by atoms with E-state index in [1.165, 1.54) is 37.1 Å². The van der Waals surface area contributed by atoms with Gasteiger partial charge in [-0.2, -0.15) is 0 Å². The minimum Gasteiger partial charge on any atom is -0.330 e. The first kappa shape index (κ1) is 14.5. The molecule has 1 aromatic carbocycles. The van der Waals surface area contributed by atoms with Crippen LogP contribution >= 0.6 is 0 Å². The highest BCUT2D eigenvalue weighted by Gasteiger charge is 2.19. The number of likely N-dealkylation sites (N-methyl/N-ethyl adjacent to an activating group) is 1. The van der Waals surface area contributed by atoms with Crippen molar-refractivity contribution >= 4 is 0 Å². The lowest BCUT2D eigenvalue weighted by molar-refractivity contribution is 0.251. The Balaban J connectivity index is 2.09. The zero-order valence-electron chi connectivity index (χ0n) is 12.6. The van der Waals surface area contributed by atoms with Gasteiger partial charge in [-0.15, -0.1) is 0 Å². The first-order chi connectivity index (χ1) is 9.11. The highest BCUT2D eigenvalue weighted by atomic mass is 15.1. The summed E-state index contributed by atoms with van der Waals surface area (Å²) in [6, 6.07) is 9.23. The van der Waals surface area contributed by atoms with Crippen LogP contribution in [0.15, 0.2) is 24.3 Å². The Morgan fingerprint density at radius 3 is 2.47 bits per heavy atom. The first-order valence-corrected chi connectivity index (χ1v) is 7.60. The summed E-state index contributed by atoms with van der Waals surface area (Å²) in [7, 11) is 2.23. The van der Waals surface area contributed by atoms with Gasteiger partial charge >= 0.3 is 0 Å². The number of nitrogens with two attached hydrogens (primary N) is 1. The van der Waals surface area contributed by atoms with Crippen LogP contribution in [0.1, 0.15) is 49.7 Å². The molecule has 0 amide bonds. The van der Waals surface area contributed by atoms with Crippen LogP contribution in [0.4, 0.5) is 0 Å². The fourth-order valence-electron chi connectivity index (χ4n) is 3.25. The largest absolute Gasteiger partial charge is 0.330 e. The van der Waals surface area contributed by atoms with Gasteiger partial charge in [-0.1, -0.05) is 38.1 Å². The topological polar surface area (TPSA) is 29.3 Å². The van der Waals surface area contributed by atoms with E-state index < -0.39 is 0 Å². The normalized spacial score (nSPS) is 22.7. The lowest BCUT2D eigenvalue weighted by atomic mass is 9.85. The van der Waals surface area contributed by atoms with E-state index in [-0.39, 0.29) is 0 Å². The van der Waals surface area contributed by atoms with Gasteiger partial charge in [0.1, 0.15) is 0 Å². The molecule has 0 aliphatic carbocycles. The average molecular weight is 260 g/mol. The monoisotopic (exact) mass is 260 g/mol. The van der Waals surface area contributed by atoms with Crippen molar-refractivity contribution in [3.05, 3.63) is 35.4 Å². The van der Waals surface area contributed by atoms with Gasteiger partial charge in [0, 0.05) is 6.54 Å². The predicted molar refractivity (Wildman–Crippen MR) is 82.5 cm³/mol. The molecule has 19 heavy (non-hydrogen) atoms. The quantitative estimate of drug-likeness (QED) is 0.901. The smallest absolute Gasteiger partial charge is 0.00472 e. The van der Waals surface area contributed by atoms with E-state index in [1.54, 1.807) is 0 Å². The molecule has 0 radical (unpaired) electrons. The molecule has 1 aliphatic rings. The summed E-state index contributed by atoms with van der Waals surface area (Å²) in [6.45, 7) is 7.69. The molecular weight excluding hydrogens is 232 g/mol. The molecule has 0 saturated carbocycles. The van der Waals surface area contributed by atoms with Gasteiger partial charge in [-0.25, -0.2) is 0 Å². The molecule has 1 aliphatic heterocycles. The second kappa shape index (κ2) is 6.53. The van der Waals surface area contributed by atoms with Crippen LogP contribution in [0.2, 0.25) is 0 Å². The molecule has 2 unspecified atom stereocenters. The molecule has 0 bridgehead atoms. The van der Waals surface area contributed by atoms with Crippen molar-refractivity contribution < 1.29 is 0 Å². The summed E-state index contributed by atoms with van der Waals surface area (Å²) in [5, 5.41) is 0. The average Bonchev–Trinajstić information content (AvgIpc) is 2.40. The molecular formula is C17H28N2. The third kappa shape index (κ3) is 3.58. The van der Waals surface area contributed by atoms with Gasteiger partial charge in [-0.05, 0) is 61.9 Å². The Labute approximate surface area is 118 Å². The molecule has 1 aromatic rings. The highest BCUT2D eigenvalue weighted by Crippen LogP contribution is 2.29. The summed E-state index contributed by atoms with van der Waals surface area (Å²) >= 11 is 0. The van der Waals surface area contributed by atoms with E-state index in [1.807, 2.05) is 0 Å². The number of hydrogen-bond donors (Lipinski definition) is 1. The molecule has 0 aromatic heterocycles. The lowest BCUT2D eigenvalue weighted by Gasteiger charge is -2.30. The zero-order valence-corrected chi connectivity index (χ0v) is 12.6. The van der Waals surface area contributed by atoms with E-state index in [9.17, 15) is 0 Å². The second-order valence-electron chi connectivity index (χ2n) is 6.35. The number of benzene rings is 1. The van der Waals surface area contributed by atoms with Gasteiger partial charge in [0.15, 0.2) is 0 Å². The number of piperidine rings is 1. The van der Waals surface area contributed by atoms with Gasteiger partial charge in [0.25, 0.3) is 0 Å². The summed E-state index contributed by atoms with van der Waals surface area (Å²) in [6.07, 6.45) is 2.65. The van der Waals surface area contributed by atoms with Crippen LogP contribution in [0.3, 0.4) is 0 Å². The van der Waals surface area contributed by atoms with Gasteiger partial charge < -0.3 is 10.6 Å². The standard InChI is InChI=1S/C17H28N2/c1-13(2)17(11-18)15-8-6-14(7-9-15)16-5-4-10-19(3)12-16/h6-9,13,16-17H,4-5,10-12,18H2,1-3H3. The Kier molecular flexibility index (Phi) is 5.00. The third-order valence-electron chi connectivity index (χ3n) is 4.52. The molecule has 2 rings (SSSR count). The molecule has 106 valence electrons. The minimum atomic E-state index is 0.489. The summed E-state index contributed by atoms with van der Waals surface area (Å²) in [4.78, 5) is 2.44. The summed E-state index contributed by atoms with van der Waals surface area (Å²) in [5.41, 5.74) is 8.79. The van der Waals surface area contributed by atoms with E-state index in [4.69, 9.17) is 5.73 Å². The van der Waals surface area contributed by atoms with E-state index in [2.05, 4.69) is 50.1 Å². The fraction of sp³-hybridized carbons (Fsp3) is 0.647. The van der Waals surface area contributed by atoms with Crippen molar-refractivity contribution in [3.63, 3.8) is 0 Å². The van der Waals surface area contributed by atoms with Gasteiger partial charge in [0.05, 0.1) is 0 Å². The Morgan fingerprint density at radius 2 is 1.95 bits per heavy atom. The molecule has 1 heterocycles. The van der Waals surface area contributed by atoms with Crippen LogP contribution in [0.5, 0.6) is 0 Å². The van der Waals surface area contributed by atoms with Crippen molar-refractivity contribution in [1.82, 2.24) is 4.90 Å². The maximum Gasteiger partial charge on any atom is 0.00472 e. The number of nitrogens with zero attached hydrogens (tertiary/aromatic N) is 1. The fourth-order valence-corrected chi connectivity index (χ4v) is 3.25. The molecule has 1 fully saturated rings. The third-order valence-corrected chi connectivity index (χ3v) is 4.52. The van der Waals surface area contributed by atoms with Gasteiger partial charge in [0.2, 0.25) is 0 Å². The molecule has 0 spiro atoms. The maximum atomic E-state index is 5.90. The van der Waals surface area contributed by atoms with Crippen molar-refractivity contribution in [3.8, 4) is 0 Å². The summed E-state index contributed by atoms with van der Waals surface area (Å²) in [5.74, 6) is 1.81. The summed E-state index contributed by atoms with van der Waals surface area (Å²) < 4.78 is 0. The molecule has 2 atom stereocenters. The molecule has 2 heteroatoms. The SMILES string of the molecule is CC(C)C(CN)c1ccc(C2CCCN(C)C2)cc1. The van der Waals surface area contributed by atoms with Crippen molar-refractivity contribution in [2.75, 3.05) is 26.7 Å². The first-order valence-electron chi connectivity index (χ1n) is 7.60. The van der Waals surface area contributed by atoms with Crippen LogP contribution < -0.4 is 5.73 Å². The number of rotatable bonds is 4. The molecule has 1 saturated heterocycles. The van der Waals surface area contributed by atoms with Crippen molar-refractivity contribution in [2.24, 2.45) is 11.7 Å². The van der Waals surface area contributed by atoms with E-state index in [0.717, 1.165) is 6.54 Å². The van der Waals surface area contributed by atoms with E-state index in [0.29, 0.717) is 17.8 Å². The minimum absolute atomic E-state index is 0.489. The van der Waals surface area contributed by atoms with Crippen LogP contribution in [0, 0.1) is 5.92 Å². The maximum absolute atomic E-state index is 5.90. The zero-order chi connectivity index (χ0) is 13.8. The van der Waals surface area contributed by atoms with Crippen LogP contribution in [0.25, 0.3) is 0 Å². The Hall–Kier alpha value is -0.860. The number of likely N-dealkylation sites (tertiary alicyclic amines) is 1. The predicted octanol–water partition coefficient (Wildman–Crippen LogP) is 3.19. The van der Waals surface area contributed by atoms with Crippen LogP contribution in [-0.2, 0) is 0 Å². The number of hydrogen-bond acceptors (Lipinski definition) is 2. The van der Waals surface area contributed by atoms with Crippen molar-refractivity contribution in [2.45, 2.75) is 38.5 Å². The second-order valence-corrected chi connectivity index (χ2v) is 6.35. The Morgan fingerprint density at radius 1 is 1.26 bits per heavy atom. The van der Waals surface area contributed by atoms with Crippen LogP contribution in [-0.4, -0.2) is 31.6 Å². The van der Waals surface area contributed by atoms with Gasteiger partial charge in [-0.3, -0.25) is 0 Å².